The maximum Gasteiger partial charge on any atom is 0.417 e. The van der Waals surface area contributed by atoms with Crippen LogP contribution in [0.25, 0.3) is 12.3 Å². The van der Waals surface area contributed by atoms with Gasteiger partial charge in [-0.1, -0.05) is 30.4 Å². The van der Waals surface area contributed by atoms with E-state index < -0.39 is 11.7 Å². The predicted molar refractivity (Wildman–Crippen MR) is 70.6 cm³/mol. The third-order valence-electron chi connectivity index (χ3n) is 2.30. The van der Waals surface area contributed by atoms with Crippen LogP contribution in [-0.2, 0) is 14.3 Å². The quantitative estimate of drug-likeness (QED) is 0.654. The van der Waals surface area contributed by atoms with Crippen LogP contribution in [0.15, 0.2) is 45.7 Å². The molecule has 2 rings (SSSR count). The zero-order valence-electron chi connectivity index (χ0n) is 10.4. The molecule has 0 bridgehead atoms. The SMILES string of the molecule is O=C1/C=c2\[nH]c(=O)o\c2=C\OC(=O)C/C=C/C=C\C=C\1. The summed E-state index contributed by atoms with van der Waals surface area (Å²) >= 11 is 0. The molecule has 0 amide bonds. The lowest BCUT2D eigenvalue weighted by atomic mass is 10.3. The number of aromatic nitrogens is 1. The molecule has 1 aromatic rings. The Morgan fingerprint density at radius 2 is 1.85 bits per heavy atom. The molecule has 6 heteroatoms. The molecular weight excluding hydrogens is 262 g/mol. The van der Waals surface area contributed by atoms with Crippen molar-refractivity contribution in [3.63, 3.8) is 0 Å². The highest BCUT2D eigenvalue weighted by Crippen LogP contribution is 1.91. The Kier molecular flexibility index (Phi) is 4.28. The number of ketones is 1. The first-order chi connectivity index (χ1) is 9.65. The van der Waals surface area contributed by atoms with Crippen LogP contribution >= 0.6 is 0 Å². The lowest BCUT2D eigenvalue weighted by molar-refractivity contribution is -0.135. The van der Waals surface area contributed by atoms with Gasteiger partial charge in [0, 0.05) is 6.08 Å². The average Bonchev–Trinajstić information content (AvgIpc) is 2.74. The zero-order chi connectivity index (χ0) is 14.4. The Hall–Kier alpha value is -2.89. The molecule has 6 nitrogen and oxygen atoms in total. The van der Waals surface area contributed by atoms with Gasteiger partial charge in [-0.25, -0.2) is 4.79 Å². The molecule has 0 radical (unpaired) electrons. The number of esters is 1. The summed E-state index contributed by atoms with van der Waals surface area (Å²) in [6, 6.07) is 0. The molecular formula is C14H11NO5. The number of ether oxygens (including phenoxy) is 1. The van der Waals surface area contributed by atoms with Crippen LogP contribution in [0.1, 0.15) is 6.42 Å². The van der Waals surface area contributed by atoms with Crippen LogP contribution in [0.3, 0.4) is 0 Å². The fraction of sp³-hybridized carbons (Fsp3) is 0.0714. The minimum absolute atomic E-state index is 0.0123. The molecule has 0 unspecified atom stereocenters. The minimum Gasteiger partial charge on any atom is -0.430 e. The first-order valence-corrected chi connectivity index (χ1v) is 5.79. The Morgan fingerprint density at radius 1 is 1.05 bits per heavy atom. The highest BCUT2D eigenvalue weighted by atomic mass is 16.5. The molecule has 0 spiro atoms. The number of rotatable bonds is 0. The van der Waals surface area contributed by atoms with E-state index in [1.807, 2.05) is 0 Å². The van der Waals surface area contributed by atoms with Crippen molar-refractivity contribution >= 4 is 24.1 Å². The minimum atomic E-state index is -0.737. The monoisotopic (exact) mass is 273 g/mol. The second-order valence-electron chi connectivity index (χ2n) is 3.82. The molecule has 1 aromatic heterocycles. The molecule has 1 N–H and O–H groups in total. The molecule has 0 aromatic carbocycles. The maximum atomic E-state index is 11.6. The normalized spacial score (nSPS) is 24.0. The van der Waals surface area contributed by atoms with Gasteiger partial charge in [-0.3, -0.25) is 14.6 Å². The van der Waals surface area contributed by atoms with Crippen molar-refractivity contribution in [3.8, 4) is 0 Å². The van der Waals surface area contributed by atoms with Gasteiger partial charge in [0.05, 0.1) is 11.8 Å². The molecule has 20 heavy (non-hydrogen) atoms. The van der Waals surface area contributed by atoms with Crippen molar-refractivity contribution < 1.29 is 18.7 Å². The number of carbonyl (C=O) groups excluding carboxylic acids is 2. The van der Waals surface area contributed by atoms with E-state index >= 15 is 0 Å². The molecule has 102 valence electrons. The average molecular weight is 273 g/mol. The van der Waals surface area contributed by atoms with E-state index in [9.17, 15) is 14.4 Å². The van der Waals surface area contributed by atoms with Crippen LogP contribution in [0, 0.1) is 0 Å². The van der Waals surface area contributed by atoms with Crippen LogP contribution in [0.5, 0.6) is 0 Å². The van der Waals surface area contributed by atoms with Gasteiger partial charge in [0.25, 0.3) is 0 Å². The summed E-state index contributed by atoms with van der Waals surface area (Å²) in [5, 5.41) is 0.147. The first-order valence-electron chi connectivity index (χ1n) is 5.79. The van der Waals surface area contributed by atoms with E-state index in [0.29, 0.717) is 0 Å². The van der Waals surface area contributed by atoms with Gasteiger partial charge < -0.3 is 9.15 Å². The van der Waals surface area contributed by atoms with Crippen LogP contribution in [0.4, 0.5) is 0 Å². The standard InChI is InChI=1S/C14H11NO5/c16-10-6-4-2-1-3-5-7-13(17)19-9-12-11(8-10)15-14(18)20-12/h1-6,8-9H,7H2,(H,15,18)/b2-1-,5-3+,6-4+,11-8-,12-9+. The fourth-order valence-corrected chi connectivity index (χ4v) is 1.43. The first kappa shape index (κ1) is 13.5. The smallest absolute Gasteiger partial charge is 0.417 e. The van der Waals surface area contributed by atoms with E-state index in [4.69, 9.17) is 9.15 Å². The largest absolute Gasteiger partial charge is 0.430 e. The number of carbonyl (C=O) groups is 2. The van der Waals surface area contributed by atoms with Crippen molar-refractivity contribution in [1.29, 1.82) is 0 Å². The van der Waals surface area contributed by atoms with Crippen molar-refractivity contribution in [2.24, 2.45) is 0 Å². The van der Waals surface area contributed by atoms with E-state index in [1.54, 1.807) is 30.4 Å². The number of allylic oxidation sites excluding steroid dienone is 5. The van der Waals surface area contributed by atoms with Crippen LogP contribution < -0.4 is 16.5 Å². The number of cyclic esters (lactones) is 1. The highest BCUT2D eigenvalue weighted by Gasteiger charge is 2.01. The number of aromatic amines is 1. The Bertz CT molecular complexity index is 773. The summed E-state index contributed by atoms with van der Waals surface area (Å²) in [4.78, 5) is 36.5. The van der Waals surface area contributed by atoms with Crippen molar-refractivity contribution in [2.75, 3.05) is 0 Å². The third-order valence-corrected chi connectivity index (χ3v) is 2.30. The molecule has 0 saturated carbocycles. The van der Waals surface area contributed by atoms with Gasteiger partial charge in [0.1, 0.15) is 6.26 Å². The second kappa shape index (κ2) is 6.33. The van der Waals surface area contributed by atoms with Gasteiger partial charge in [-0.05, 0) is 6.08 Å². The van der Waals surface area contributed by atoms with Gasteiger partial charge in [-0.2, -0.15) is 0 Å². The summed E-state index contributed by atoms with van der Waals surface area (Å²) in [7, 11) is 0. The van der Waals surface area contributed by atoms with Crippen molar-refractivity contribution in [2.45, 2.75) is 6.42 Å². The summed E-state index contributed by atoms with van der Waals surface area (Å²) in [5.41, 5.74) is -0.0123. The second-order valence-corrected chi connectivity index (χ2v) is 3.82. The fourth-order valence-electron chi connectivity index (χ4n) is 1.43. The van der Waals surface area contributed by atoms with Crippen molar-refractivity contribution in [3.05, 3.63) is 57.8 Å². The topological polar surface area (TPSA) is 89.4 Å². The van der Waals surface area contributed by atoms with Crippen molar-refractivity contribution in [1.82, 2.24) is 4.98 Å². The molecule has 0 saturated heterocycles. The lowest BCUT2D eigenvalue weighted by Gasteiger charge is -1.92. The number of oxazole rings is 1. The Labute approximate surface area is 113 Å². The Morgan fingerprint density at radius 3 is 2.70 bits per heavy atom. The van der Waals surface area contributed by atoms with Crippen LogP contribution in [0.2, 0.25) is 0 Å². The molecule has 0 aliphatic carbocycles. The molecule has 1 aliphatic heterocycles. The molecule has 0 fully saturated rings. The third kappa shape index (κ3) is 3.81. The zero-order valence-corrected chi connectivity index (χ0v) is 10.4. The summed E-state index contributed by atoms with van der Waals surface area (Å²) < 4.78 is 9.60. The highest BCUT2D eigenvalue weighted by molar-refractivity contribution is 6.13. The lowest BCUT2D eigenvalue weighted by Crippen LogP contribution is -2.24. The number of hydrogen-bond donors (Lipinski definition) is 1. The van der Waals surface area contributed by atoms with Gasteiger partial charge >= 0.3 is 11.7 Å². The Balaban J connectivity index is 2.49. The summed E-state index contributed by atoms with van der Waals surface area (Å²) in [5.74, 6) is -1.59. The maximum absolute atomic E-state index is 11.6. The predicted octanol–water partition coefficient (Wildman–Crippen LogP) is -0.329. The summed E-state index contributed by atoms with van der Waals surface area (Å²) in [6.07, 6.45) is 11.7. The molecule has 2 heterocycles. The number of fused-ring (bicyclic) bond motifs is 1. The number of hydrogen-bond acceptors (Lipinski definition) is 5. The van der Waals surface area contributed by atoms with Gasteiger partial charge in [-0.15, -0.1) is 0 Å². The molecule has 0 atom stereocenters. The van der Waals surface area contributed by atoms with E-state index in [2.05, 4.69) is 4.98 Å². The number of H-pyrrole nitrogens is 1. The van der Waals surface area contributed by atoms with E-state index in [1.165, 1.54) is 12.2 Å². The summed E-state index contributed by atoms with van der Waals surface area (Å²) in [6.45, 7) is 0. The number of nitrogens with one attached hydrogen (secondary N) is 1. The van der Waals surface area contributed by atoms with E-state index in [-0.39, 0.29) is 23.0 Å². The van der Waals surface area contributed by atoms with Gasteiger partial charge in [0.2, 0.25) is 0 Å². The van der Waals surface area contributed by atoms with Crippen LogP contribution in [-0.4, -0.2) is 16.7 Å². The van der Waals surface area contributed by atoms with E-state index in [0.717, 1.165) is 6.26 Å². The molecule has 1 aliphatic rings. The van der Waals surface area contributed by atoms with Gasteiger partial charge in [0.15, 0.2) is 11.2 Å².